The molecular formula is C18H23NS. The Kier molecular flexibility index (Phi) is 5.24. The summed E-state index contributed by atoms with van der Waals surface area (Å²) in [7, 11) is 0. The molecule has 1 aromatic carbocycles. The van der Waals surface area contributed by atoms with Crippen LogP contribution in [0, 0.1) is 0 Å². The molecule has 1 nitrogen and oxygen atoms in total. The number of benzene rings is 1. The highest BCUT2D eigenvalue weighted by Gasteiger charge is 2.13. The van der Waals surface area contributed by atoms with E-state index in [0.717, 1.165) is 17.7 Å². The van der Waals surface area contributed by atoms with Gasteiger partial charge in [-0.2, -0.15) is 0 Å². The lowest BCUT2D eigenvalue weighted by atomic mass is 9.88. The van der Waals surface area contributed by atoms with Gasteiger partial charge in [0.15, 0.2) is 0 Å². The molecule has 0 N–H and O–H groups in total. The molecule has 0 amide bonds. The second-order valence-corrected chi connectivity index (χ2v) is 6.21. The molecule has 0 aliphatic carbocycles. The van der Waals surface area contributed by atoms with Gasteiger partial charge >= 0.3 is 0 Å². The van der Waals surface area contributed by atoms with Crippen molar-refractivity contribution >= 4 is 12.6 Å². The maximum absolute atomic E-state index is 4.53. The molecule has 0 radical (unpaired) electrons. The Bertz CT molecular complexity index is 563. The molecule has 106 valence electrons. The van der Waals surface area contributed by atoms with Crippen LogP contribution in [-0.4, -0.2) is 4.98 Å². The highest BCUT2D eigenvalue weighted by atomic mass is 32.1. The van der Waals surface area contributed by atoms with E-state index in [1.54, 1.807) is 0 Å². The first kappa shape index (κ1) is 15.1. The van der Waals surface area contributed by atoms with Crippen molar-refractivity contribution in [3.8, 4) is 0 Å². The van der Waals surface area contributed by atoms with E-state index < -0.39 is 0 Å². The van der Waals surface area contributed by atoms with Crippen molar-refractivity contribution in [2.75, 3.05) is 0 Å². The fourth-order valence-electron chi connectivity index (χ4n) is 2.60. The number of nitrogens with zero attached hydrogens (tertiary/aromatic N) is 1. The molecule has 1 atom stereocenters. The normalized spacial score (nSPS) is 12.7. The molecule has 0 saturated heterocycles. The van der Waals surface area contributed by atoms with Crippen LogP contribution < -0.4 is 0 Å². The topological polar surface area (TPSA) is 12.9 Å². The van der Waals surface area contributed by atoms with Crippen molar-refractivity contribution in [3.05, 3.63) is 59.4 Å². The third-order valence-electron chi connectivity index (χ3n) is 3.88. The zero-order chi connectivity index (χ0) is 14.5. The van der Waals surface area contributed by atoms with Gasteiger partial charge in [-0.15, -0.1) is 12.6 Å². The number of aryl methyl sites for hydroxylation is 1. The summed E-state index contributed by atoms with van der Waals surface area (Å²) >= 11 is 4.53. The monoisotopic (exact) mass is 285 g/mol. The van der Waals surface area contributed by atoms with E-state index in [-0.39, 0.29) is 0 Å². The number of thiol groups is 1. The molecule has 0 spiro atoms. The van der Waals surface area contributed by atoms with Gasteiger partial charge in [0, 0.05) is 17.3 Å². The fraction of sp³-hybridized carbons (Fsp3) is 0.389. The van der Waals surface area contributed by atoms with Crippen molar-refractivity contribution in [1.29, 1.82) is 0 Å². The van der Waals surface area contributed by atoms with Gasteiger partial charge in [-0.05, 0) is 53.5 Å². The minimum Gasteiger partial charge on any atom is -0.264 e. The van der Waals surface area contributed by atoms with Crippen molar-refractivity contribution in [2.24, 2.45) is 0 Å². The van der Waals surface area contributed by atoms with E-state index in [9.17, 15) is 0 Å². The van der Waals surface area contributed by atoms with E-state index in [4.69, 9.17) is 0 Å². The third kappa shape index (κ3) is 3.63. The van der Waals surface area contributed by atoms with Gasteiger partial charge in [-0.3, -0.25) is 4.98 Å². The molecule has 0 fully saturated rings. The Morgan fingerprint density at radius 2 is 1.80 bits per heavy atom. The summed E-state index contributed by atoms with van der Waals surface area (Å²) in [4.78, 5) is 5.40. The maximum atomic E-state index is 4.53. The summed E-state index contributed by atoms with van der Waals surface area (Å²) in [5, 5.41) is 0. The second-order valence-electron chi connectivity index (χ2n) is 5.73. The lowest BCUT2D eigenvalue weighted by molar-refractivity contribution is 0.657. The van der Waals surface area contributed by atoms with Gasteiger partial charge < -0.3 is 0 Å². The Balaban J connectivity index is 2.09. The Morgan fingerprint density at radius 1 is 1.05 bits per heavy atom. The van der Waals surface area contributed by atoms with E-state index in [2.05, 4.69) is 62.6 Å². The van der Waals surface area contributed by atoms with Crippen LogP contribution in [0.3, 0.4) is 0 Å². The summed E-state index contributed by atoms with van der Waals surface area (Å²) < 4.78 is 0. The predicted octanol–water partition coefficient (Wildman–Crippen LogP) is 5.23. The first-order valence-electron chi connectivity index (χ1n) is 7.30. The Morgan fingerprint density at radius 3 is 2.50 bits per heavy atom. The second kappa shape index (κ2) is 6.94. The first-order valence-corrected chi connectivity index (χ1v) is 7.75. The molecule has 0 saturated carbocycles. The molecule has 20 heavy (non-hydrogen) atoms. The van der Waals surface area contributed by atoms with Crippen LogP contribution in [0.5, 0.6) is 0 Å². The molecule has 1 aromatic heterocycles. The summed E-state index contributed by atoms with van der Waals surface area (Å²) in [5.41, 5.74) is 4.14. The first-order chi connectivity index (χ1) is 9.59. The minimum atomic E-state index is 0.522. The number of pyridine rings is 1. The molecule has 0 bridgehead atoms. The molecule has 0 aliphatic heterocycles. The minimum absolute atomic E-state index is 0.522. The molecule has 0 aliphatic rings. The third-order valence-corrected chi connectivity index (χ3v) is 4.31. The van der Waals surface area contributed by atoms with Crippen LogP contribution in [0.1, 0.15) is 55.7 Å². The van der Waals surface area contributed by atoms with Gasteiger partial charge in [0.05, 0.1) is 0 Å². The maximum Gasteiger partial charge on any atom is 0.0305 e. The lowest BCUT2D eigenvalue weighted by Gasteiger charge is -2.18. The molecule has 1 unspecified atom stereocenters. The lowest BCUT2D eigenvalue weighted by Crippen LogP contribution is -2.03. The van der Waals surface area contributed by atoms with Gasteiger partial charge in [0.2, 0.25) is 0 Å². The van der Waals surface area contributed by atoms with Crippen molar-refractivity contribution in [3.63, 3.8) is 0 Å². The summed E-state index contributed by atoms with van der Waals surface area (Å²) in [6, 6.07) is 10.5. The number of hydrogen-bond acceptors (Lipinski definition) is 2. The van der Waals surface area contributed by atoms with Crippen LogP contribution in [-0.2, 0) is 6.42 Å². The van der Waals surface area contributed by atoms with Crippen LogP contribution in [0.15, 0.2) is 47.6 Å². The summed E-state index contributed by atoms with van der Waals surface area (Å²) in [6.45, 7) is 6.78. The quantitative estimate of drug-likeness (QED) is 0.742. The van der Waals surface area contributed by atoms with Crippen molar-refractivity contribution < 1.29 is 0 Å². The SMILES string of the molecule is CC(C)c1ccncc1C(C)CCc1ccccc1S. The van der Waals surface area contributed by atoms with Crippen LogP contribution in [0.4, 0.5) is 0 Å². The van der Waals surface area contributed by atoms with Crippen LogP contribution in [0.2, 0.25) is 0 Å². The van der Waals surface area contributed by atoms with E-state index in [1.807, 2.05) is 18.5 Å². The predicted molar refractivity (Wildman–Crippen MR) is 88.8 cm³/mol. The number of hydrogen-bond donors (Lipinski definition) is 1. The molecule has 2 heteroatoms. The number of aromatic nitrogens is 1. The molecule has 1 heterocycles. The molecule has 2 rings (SSSR count). The van der Waals surface area contributed by atoms with Crippen LogP contribution >= 0.6 is 12.6 Å². The van der Waals surface area contributed by atoms with Crippen molar-refractivity contribution in [1.82, 2.24) is 4.98 Å². The van der Waals surface area contributed by atoms with E-state index in [1.165, 1.54) is 16.7 Å². The highest BCUT2D eigenvalue weighted by molar-refractivity contribution is 7.80. The van der Waals surface area contributed by atoms with Gasteiger partial charge in [-0.1, -0.05) is 39.0 Å². The zero-order valence-electron chi connectivity index (χ0n) is 12.5. The fourth-order valence-corrected chi connectivity index (χ4v) is 2.88. The molecular weight excluding hydrogens is 262 g/mol. The largest absolute Gasteiger partial charge is 0.264 e. The average Bonchev–Trinajstić information content (AvgIpc) is 2.46. The Labute approximate surface area is 127 Å². The average molecular weight is 285 g/mol. The highest BCUT2D eigenvalue weighted by Crippen LogP contribution is 2.29. The number of rotatable bonds is 5. The van der Waals surface area contributed by atoms with E-state index >= 15 is 0 Å². The summed E-state index contributed by atoms with van der Waals surface area (Å²) in [5.74, 6) is 1.07. The van der Waals surface area contributed by atoms with Gasteiger partial charge in [0.1, 0.15) is 0 Å². The van der Waals surface area contributed by atoms with Crippen molar-refractivity contribution in [2.45, 2.75) is 50.3 Å². The zero-order valence-corrected chi connectivity index (χ0v) is 13.4. The molecule has 2 aromatic rings. The van der Waals surface area contributed by atoms with Gasteiger partial charge in [-0.25, -0.2) is 0 Å². The van der Waals surface area contributed by atoms with Gasteiger partial charge in [0.25, 0.3) is 0 Å². The van der Waals surface area contributed by atoms with Crippen LogP contribution in [0.25, 0.3) is 0 Å². The Hall–Kier alpha value is -1.28. The summed E-state index contributed by atoms with van der Waals surface area (Å²) in [6.07, 6.45) is 6.12. The smallest absolute Gasteiger partial charge is 0.0305 e. The standard InChI is InChI=1S/C18H23NS/c1-13(2)16-10-11-19-12-17(16)14(3)8-9-15-6-4-5-7-18(15)20/h4-7,10-14,20H,8-9H2,1-3H3. The van der Waals surface area contributed by atoms with E-state index in [0.29, 0.717) is 11.8 Å².